The molecule has 1 aromatic rings. The van der Waals surface area contributed by atoms with Gasteiger partial charge in [-0.05, 0) is 12.1 Å². The number of halogens is 1. The summed E-state index contributed by atoms with van der Waals surface area (Å²) >= 11 is 9.52. The summed E-state index contributed by atoms with van der Waals surface area (Å²) in [4.78, 5) is 4.48. The van der Waals surface area contributed by atoms with Crippen LogP contribution in [-0.4, -0.2) is 31.3 Å². The number of thiol groups is 1. The number of nitrogens with one attached hydrogen (secondary N) is 1. The van der Waals surface area contributed by atoms with E-state index in [2.05, 4.69) is 22.9 Å². The Morgan fingerprint density at radius 1 is 1.43 bits per heavy atom. The van der Waals surface area contributed by atoms with Crippen LogP contribution in [0.1, 0.15) is 0 Å². The minimum Gasteiger partial charge on any atom is -0.379 e. The molecule has 5 heteroatoms. The SMILES string of the molecule is C1COCCN1.Sc1cccnc1Cl. The number of ether oxygens (including phenoxy) is 1. The van der Waals surface area contributed by atoms with E-state index in [4.69, 9.17) is 16.3 Å². The minimum atomic E-state index is 0.454. The lowest BCUT2D eigenvalue weighted by molar-refractivity contribution is 0.109. The number of rotatable bonds is 0. The smallest absolute Gasteiger partial charge is 0.142 e. The summed E-state index contributed by atoms with van der Waals surface area (Å²) < 4.78 is 5.01. The molecule has 0 amide bonds. The van der Waals surface area contributed by atoms with Crippen LogP contribution >= 0.6 is 24.2 Å². The van der Waals surface area contributed by atoms with Crippen LogP contribution in [0.15, 0.2) is 23.2 Å². The number of hydrogen-bond acceptors (Lipinski definition) is 4. The second kappa shape index (κ2) is 7.06. The molecule has 0 spiro atoms. The maximum atomic E-state index is 5.52. The molecular formula is C9H13ClN2OS. The summed E-state index contributed by atoms with van der Waals surface area (Å²) in [5, 5.41) is 3.61. The first-order valence-electron chi connectivity index (χ1n) is 4.38. The molecule has 1 aromatic heterocycles. The van der Waals surface area contributed by atoms with Crippen molar-refractivity contribution in [1.29, 1.82) is 0 Å². The highest BCUT2D eigenvalue weighted by atomic mass is 35.5. The number of pyridine rings is 1. The van der Waals surface area contributed by atoms with Crippen molar-refractivity contribution in [2.24, 2.45) is 0 Å². The molecule has 0 aliphatic carbocycles. The van der Waals surface area contributed by atoms with Crippen LogP contribution in [0.4, 0.5) is 0 Å². The van der Waals surface area contributed by atoms with Crippen molar-refractivity contribution in [3.05, 3.63) is 23.5 Å². The van der Waals surface area contributed by atoms with Crippen LogP contribution in [-0.2, 0) is 4.74 Å². The quantitative estimate of drug-likeness (QED) is 0.527. The summed E-state index contributed by atoms with van der Waals surface area (Å²) in [6, 6.07) is 3.58. The Labute approximate surface area is 94.2 Å². The van der Waals surface area contributed by atoms with Crippen molar-refractivity contribution in [1.82, 2.24) is 10.3 Å². The van der Waals surface area contributed by atoms with Gasteiger partial charge in [0.15, 0.2) is 0 Å². The third-order valence-corrected chi connectivity index (χ3v) is 2.38. The molecule has 1 aliphatic rings. The van der Waals surface area contributed by atoms with E-state index in [9.17, 15) is 0 Å². The van der Waals surface area contributed by atoms with E-state index < -0.39 is 0 Å². The molecule has 0 saturated carbocycles. The molecule has 0 aromatic carbocycles. The molecule has 78 valence electrons. The Morgan fingerprint density at radius 2 is 2.14 bits per heavy atom. The Kier molecular flexibility index (Phi) is 5.94. The van der Waals surface area contributed by atoms with E-state index in [0.717, 1.165) is 26.3 Å². The third-order valence-electron chi connectivity index (χ3n) is 1.59. The van der Waals surface area contributed by atoms with E-state index in [-0.39, 0.29) is 0 Å². The highest BCUT2D eigenvalue weighted by Gasteiger charge is 1.93. The normalized spacial score (nSPS) is 15.6. The fourth-order valence-electron chi connectivity index (χ4n) is 0.893. The topological polar surface area (TPSA) is 34.1 Å². The molecule has 1 saturated heterocycles. The second-order valence-corrected chi connectivity index (χ2v) is 3.52. The maximum absolute atomic E-state index is 5.52. The van der Waals surface area contributed by atoms with Crippen molar-refractivity contribution in [2.45, 2.75) is 4.90 Å². The number of nitrogens with zero attached hydrogens (tertiary/aromatic N) is 1. The van der Waals surface area contributed by atoms with Crippen molar-refractivity contribution >= 4 is 24.2 Å². The third kappa shape index (κ3) is 4.81. The minimum absolute atomic E-state index is 0.454. The maximum Gasteiger partial charge on any atom is 0.142 e. The first-order chi connectivity index (χ1) is 6.80. The van der Waals surface area contributed by atoms with Crippen LogP contribution < -0.4 is 5.32 Å². The molecule has 0 unspecified atom stereocenters. The predicted molar refractivity (Wildman–Crippen MR) is 60.2 cm³/mol. The Bertz CT molecular complexity index is 236. The van der Waals surface area contributed by atoms with Gasteiger partial charge >= 0.3 is 0 Å². The van der Waals surface area contributed by atoms with E-state index in [1.54, 1.807) is 18.3 Å². The zero-order chi connectivity index (χ0) is 10.2. The lowest BCUT2D eigenvalue weighted by atomic mass is 10.5. The predicted octanol–water partition coefficient (Wildman–Crippen LogP) is 1.63. The van der Waals surface area contributed by atoms with Crippen molar-refractivity contribution in [2.75, 3.05) is 26.3 Å². The molecule has 0 atom stereocenters. The van der Waals surface area contributed by atoms with Gasteiger partial charge in [0.25, 0.3) is 0 Å². The lowest BCUT2D eigenvalue weighted by Crippen LogP contribution is -2.30. The molecule has 0 radical (unpaired) electrons. The first kappa shape index (κ1) is 11.8. The average Bonchev–Trinajstić information content (AvgIpc) is 2.26. The molecule has 1 fully saturated rings. The molecule has 3 nitrogen and oxygen atoms in total. The van der Waals surface area contributed by atoms with E-state index in [1.807, 2.05) is 0 Å². The Morgan fingerprint density at radius 3 is 2.43 bits per heavy atom. The average molecular weight is 233 g/mol. The summed E-state index contributed by atoms with van der Waals surface area (Å²) in [5.41, 5.74) is 0. The first-order valence-corrected chi connectivity index (χ1v) is 5.21. The second-order valence-electron chi connectivity index (χ2n) is 2.68. The fraction of sp³-hybridized carbons (Fsp3) is 0.444. The summed E-state index contributed by atoms with van der Waals surface area (Å²) in [5.74, 6) is 0. The highest BCUT2D eigenvalue weighted by molar-refractivity contribution is 7.80. The van der Waals surface area contributed by atoms with Gasteiger partial charge in [-0.3, -0.25) is 0 Å². The summed E-state index contributed by atoms with van der Waals surface area (Å²) in [6.07, 6.45) is 1.63. The van der Waals surface area contributed by atoms with Gasteiger partial charge in [-0.15, -0.1) is 12.6 Å². The van der Waals surface area contributed by atoms with Crippen LogP contribution in [0.25, 0.3) is 0 Å². The highest BCUT2D eigenvalue weighted by Crippen LogP contribution is 2.14. The van der Waals surface area contributed by atoms with Crippen LogP contribution in [0.5, 0.6) is 0 Å². The van der Waals surface area contributed by atoms with E-state index >= 15 is 0 Å². The molecular weight excluding hydrogens is 220 g/mol. The zero-order valence-corrected chi connectivity index (χ0v) is 9.39. The van der Waals surface area contributed by atoms with Crippen LogP contribution in [0.2, 0.25) is 5.15 Å². The van der Waals surface area contributed by atoms with Crippen molar-refractivity contribution in [3.8, 4) is 0 Å². The summed E-state index contributed by atoms with van der Waals surface area (Å²) in [7, 11) is 0. The fourth-order valence-corrected chi connectivity index (χ4v) is 1.16. The molecule has 2 heterocycles. The summed E-state index contributed by atoms with van der Waals surface area (Å²) in [6.45, 7) is 3.83. The van der Waals surface area contributed by atoms with Gasteiger partial charge < -0.3 is 10.1 Å². The van der Waals surface area contributed by atoms with E-state index in [1.165, 1.54) is 0 Å². The van der Waals surface area contributed by atoms with Gasteiger partial charge in [-0.1, -0.05) is 11.6 Å². The van der Waals surface area contributed by atoms with Gasteiger partial charge in [0, 0.05) is 24.2 Å². The van der Waals surface area contributed by atoms with Gasteiger partial charge in [-0.25, -0.2) is 4.98 Å². The lowest BCUT2D eigenvalue weighted by Gasteiger charge is -2.10. The molecule has 0 bridgehead atoms. The van der Waals surface area contributed by atoms with Gasteiger partial charge in [0.1, 0.15) is 5.15 Å². The van der Waals surface area contributed by atoms with Crippen molar-refractivity contribution in [3.63, 3.8) is 0 Å². The van der Waals surface area contributed by atoms with Gasteiger partial charge in [0.2, 0.25) is 0 Å². The van der Waals surface area contributed by atoms with Crippen LogP contribution in [0, 0.1) is 0 Å². The standard InChI is InChI=1S/C5H4ClNS.C4H9NO/c6-5-4(8)2-1-3-7-5;1-3-6-4-2-5-1/h1-3,8H;5H,1-4H2. The molecule has 1 aliphatic heterocycles. The molecule has 14 heavy (non-hydrogen) atoms. The van der Waals surface area contributed by atoms with Crippen LogP contribution in [0.3, 0.4) is 0 Å². The van der Waals surface area contributed by atoms with Gasteiger partial charge in [0.05, 0.1) is 13.2 Å². The Balaban J connectivity index is 0.000000146. The van der Waals surface area contributed by atoms with Gasteiger partial charge in [-0.2, -0.15) is 0 Å². The number of aromatic nitrogens is 1. The number of hydrogen-bond donors (Lipinski definition) is 2. The number of morpholine rings is 1. The molecule has 1 N–H and O–H groups in total. The largest absolute Gasteiger partial charge is 0.379 e. The molecule has 2 rings (SSSR count). The van der Waals surface area contributed by atoms with Crippen molar-refractivity contribution < 1.29 is 4.74 Å². The van der Waals surface area contributed by atoms with E-state index in [0.29, 0.717) is 10.0 Å². The monoisotopic (exact) mass is 232 g/mol. The Hall–Kier alpha value is -0.290. The zero-order valence-electron chi connectivity index (χ0n) is 7.74.